The van der Waals surface area contributed by atoms with Crippen LogP contribution in [-0.4, -0.2) is 48.3 Å². The molecule has 0 radical (unpaired) electrons. The van der Waals surface area contributed by atoms with E-state index in [9.17, 15) is 27.5 Å². The van der Waals surface area contributed by atoms with Crippen LogP contribution < -0.4 is 10.0 Å². The zero-order valence-corrected chi connectivity index (χ0v) is 14.6. The predicted molar refractivity (Wildman–Crippen MR) is 89.4 cm³/mol. The fourth-order valence-electron chi connectivity index (χ4n) is 2.86. The van der Waals surface area contributed by atoms with E-state index >= 15 is 0 Å². The van der Waals surface area contributed by atoms with Gasteiger partial charge in [0.2, 0.25) is 5.91 Å². The number of thioether (sulfide) groups is 1. The molecule has 2 fully saturated rings. The van der Waals surface area contributed by atoms with Gasteiger partial charge in [0.05, 0.1) is 23.2 Å². The number of carbonyl (C=O) groups is 2. The van der Waals surface area contributed by atoms with Crippen LogP contribution in [0.25, 0.3) is 0 Å². The summed E-state index contributed by atoms with van der Waals surface area (Å²) in [6.07, 6.45) is -0.785. The fraction of sp³-hybridized carbons (Fsp3) is 0.400. The van der Waals surface area contributed by atoms with E-state index in [4.69, 9.17) is 0 Å². The van der Waals surface area contributed by atoms with E-state index < -0.39 is 40.0 Å². The van der Waals surface area contributed by atoms with Crippen molar-refractivity contribution in [1.29, 1.82) is 0 Å². The number of carbonyl (C=O) groups excluding carboxylic acids is 2. The second-order valence-electron chi connectivity index (χ2n) is 5.78. The van der Waals surface area contributed by atoms with Crippen LogP contribution in [0.3, 0.4) is 0 Å². The Morgan fingerprint density at radius 2 is 2.00 bits per heavy atom. The number of nitrogens with zero attached hydrogens (tertiary/aromatic N) is 2. The largest absolute Gasteiger partial charge is 0.550 e. The van der Waals surface area contributed by atoms with Gasteiger partial charge in [-0.2, -0.15) is 4.99 Å². The molecule has 134 valence electrons. The molecular weight excluding hydrogens is 371 g/mol. The van der Waals surface area contributed by atoms with E-state index in [0.29, 0.717) is 0 Å². The highest BCUT2D eigenvalue weighted by atomic mass is 32.2. The third-order valence-electron chi connectivity index (χ3n) is 3.94. The number of aliphatic carboxylic acids is 1. The van der Waals surface area contributed by atoms with Crippen LogP contribution in [0, 0.1) is 5.82 Å². The molecule has 0 saturated carbocycles. The molecule has 2 atom stereocenters. The van der Waals surface area contributed by atoms with Gasteiger partial charge in [0.1, 0.15) is 5.82 Å². The Morgan fingerprint density at radius 3 is 2.68 bits per heavy atom. The average Bonchev–Trinajstić information content (AvgIpc) is 2.97. The minimum atomic E-state index is -3.24. The second kappa shape index (κ2) is 6.75. The van der Waals surface area contributed by atoms with Crippen molar-refractivity contribution < 1.29 is 27.5 Å². The standard InChI is InChI=1S/C15H15FN2O5S2/c16-9-3-1-2-4-10(9)18-11-7-25(22,23)8-12(11)24-15(18)17-13(19)5-6-14(20)21/h1-4,11-12H,5-8H2,(H,20,21)/p-1/t11-,12-/m1/s1. The molecule has 0 aromatic heterocycles. The van der Waals surface area contributed by atoms with Crippen LogP contribution in [0.15, 0.2) is 29.3 Å². The molecule has 1 aromatic rings. The Morgan fingerprint density at radius 1 is 1.28 bits per heavy atom. The number of fused-ring (bicyclic) bond motifs is 1. The van der Waals surface area contributed by atoms with Gasteiger partial charge in [0, 0.05) is 17.6 Å². The number of amidine groups is 1. The minimum absolute atomic E-state index is 0.0699. The fourth-order valence-corrected chi connectivity index (χ4v) is 6.79. The lowest BCUT2D eigenvalue weighted by Gasteiger charge is -2.24. The maximum Gasteiger partial charge on any atom is 0.248 e. The average molecular weight is 385 g/mol. The van der Waals surface area contributed by atoms with E-state index in [-0.39, 0.29) is 34.0 Å². The van der Waals surface area contributed by atoms with Crippen molar-refractivity contribution in [2.75, 3.05) is 16.4 Å². The number of benzene rings is 1. The SMILES string of the molecule is O=C([O-])CCC(=O)N=C1S[C@@H]2CS(=O)(=O)C[C@H]2N1c1ccccc1F. The van der Waals surface area contributed by atoms with Crippen molar-refractivity contribution in [2.24, 2.45) is 4.99 Å². The molecule has 0 bridgehead atoms. The number of aliphatic imine (C=N–C) groups is 1. The highest BCUT2D eigenvalue weighted by Crippen LogP contribution is 2.41. The molecule has 0 unspecified atom stereocenters. The van der Waals surface area contributed by atoms with E-state index in [1.165, 1.54) is 23.1 Å². The van der Waals surface area contributed by atoms with Crippen LogP contribution >= 0.6 is 11.8 Å². The lowest BCUT2D eigenvalue weighted by Crippen LogP contribution is -2.38. The Hall–Kier alpha value is -1.94. The number of rotatable bonds is 4. The normalized spacial score (nSPS) is 26.0. The topological polar surface area (TPSA) is 107 Å². The molecular formula is C15H14FN2O5S2-. The van der Waals surface area contributed by atoms with E-state index in [1.807, 2.05) is 0 Å². The van der Waals surface area contributed by atoms with Gasteiger partial charge in [-0.3, -0.25) is 4.79 Å². The van der Waals surface area contributed by atoms with Gasteiger partial charge in [-0.1, -0.05) is 23.9 Å². The van der Waals surface area contributed by atoms with Crippen molar-refractivity contribution in [3.05, 3.63) is 30.1 Å². The molecule has 3 rings (SSSR count). The smallest absolute Gasteiger partial charge is 0.248 e. The molecule has 10 heteroatoms. The number of amides is 1. The lowest BCUT2D eigenvalue weighted by atomic mass is 10.2. The summed E-state index contributed by atoms with van der Waals surface area (Å²) in [5, 5.41) is 10.3. The monoisotopic (exact) mass is 385 g/mol. The highest BCUT2D eigenvalue weighted by molar-refractivity contribution is 8.16. The van der Waals surface area contributed by atoms with Crippen molar-refractivity contribution in [2.45, 2.75) is 24.1 Å². The number of carboxylic acid groups (broad SMARTS) is 1. The summed E-state index contributed by atoms with van der Waals surface area (Å²) in [5.74, 6) is -2.80. The zero-order chi connectivity index (χ0) is 18.2. The van der Waals surface area contributed by atoms with Crippen LogP contribution in [0.1, 0.15) is 12.8 Å². The van der Waals surface area contributed by atoms with Gasteiger partial charge in [-0.25, -0.2) is 12.8 Å². The number of hydrogen-bond donors (Lipinski definition) is 0. The van der Waals surface area contributed by atoms with Gasteiger partial charge in [0.15, 0.2) is 15.0 Å². The number of sulfone groups is 1. The third-order valence-corrected chi connectivity index (χ3v) is 7.15. The van der Waals surface area contributed by atoms with Gasteiger partial charge >= 0.3 is 0 Å². The van der Waals surface area contributed by atoms with Gasteiger partial charge in [0.25, 0.3) is 0 Å². The molecule has 0 aliphatic carbocycles. The molecule has 0 spiro atoms. The summed E-state index contributed by atoms with van der Waals surface area (Å²) >= 11 is 1.10. The summed E-state index contributed by atoms with van der Waals surface area (Å²) in [7, 11) is -3.24. The maximum absolute atomic E-state index is 14.2. The quantitative estimate of drug-likeness (QED) is 0.716. The summed E-state index contributed by atoms with van der Waals surface area (Å²) in [6, 6.07) is 5.33. The summed E-state index contributed by atoms with van der Waals surface area (Å²) in [5.41, 5.74) is 0.144. The first kappa shape index (κ1) is 17.9. The van der Waals surface area contributed by atoms with Crippen molar-refractivity contribution in [1.82, 2.24) is 0 Å². The Labute approximate surface area is 147 Å². The maximum atomic E-state index is 14.2. The minimum Gasteiger partial charge on any atom is -0.550 e. The Kier molecular flexibility index (Phi) is 4.83. The Balaban J connectivity index is 1.94. The summed E-state index contributed by atoms with van der Waals surface area (Å²) in [4.78, 5) is 27.7. The number of hydrogen-bond acceptors (Lipinski definition) is 6. The molecule has 0 N–H and O–H groups in total. The number of anilines is 1. The predicted octanol–water partition coefficient (Wildman–Crippen LogP) is -0.0428. The molecule has 2 heterocycles. The van der Waals surface area contributed by atoms with Crippen LogP contribution in [0.5, 0.6) is 0 Å². The molecule has 1 amide bonds. The van der Waals surface area contributed by atoms with Crippen LogP contribution in [0.4, 0.5) is 10.1 Å². The van der Waals surface area contributed by atoms with Crippen molar-refractivity contribution in [3.63, 3.8) is 0 Å². The first-order valence-electron chi connectivity index (χ1n) is 7.49. The van der Waals surface area contributed by atoms with Gasteiger partial charge < -0.3 is 14.8 Å². The van der Waals surface area contributed by atoms with Gasteiger partial charge in [-0.15, -0.1) is 0 Å². The van der Waals surface area contributed by atoms with Crippen molar-refractivity contribution in [3.8, 4) is 0 Å². The van der Waals surface area contributed by atoms with Gasteiger partial charge in [-0.05, 0) is 18.6 Å². The molecule has 2 aliphatic rings. The summed E-state index contributed by atoms with van der Waals surface area (Å²) in [6.45, 7) is 0. The molecule has 2 saturated heterocycles. The third kappa shape index (κ3) is 3.84. The molecule has 2 aliphatic heterocycles. The zero-order valence-electron chi connectivity index (χ0n) is 12.9. The van der Waals surface area contributed by atoms with Crippen LogP contribution in [0.2, 0.25) is 0 Å². The second-order valence-corrected chi connectivity index (χ2v) is 9.14. The molecule has 1 aromatic carbocycles. The van der Waals surface area contributed by atoms with Crippen molar-refractivity contribution >= 4 is 44.3 Å². The number of carboxylic acids is 1. The highest BCUT2D eigenvalue weighted by Gasteiger charge is 2.49. The molecule has 7 nitrogen and oxygen atoms in total. The first-order chi connectivity index (χ1) is 11.8. The van der Waals surface area contributed by atoms with E-state index in [0.717, 1.165) is 11.8 Å². The van der Waals surface area contributed by atoms with E-state index in [2.05, 4.69) is 4.99 Å². The summed E-state index contributed by atoms with van der Waals surface area (Å²) < 4.78 is 38.0. The number of halogens is 1. The van der Waals surface area contributed by atoms with Crippen LogP contribution in [-0.2, 0) is 19.4 Å². The Bertz CT molecular complexity index is 855. The lowest BCUT2D eigenvalue weighted by molar-refractivity contribution is -0.305. The first-order valence-corrected chi connectivity index (χ1v) is 10.2. The molecule has 25 heavy (non-hydrogen) atoms. The van der Waals surface area contributed by atoms with E-state index in [1.54, 1.807) is 6.07 Å². The number of para-hydroxylation sites is 1.